The lowest BCUT2D eigenvalue weighted by atomic mass is 9.97. The van der Waals surface area contributed by atoms with Gasteiger partial charge in [-0.05, 0) is 58.9 Å². The van der Waals surface area contributed by atoms with Crippen LogP contribution in [0, 0.1) is 5.92 Å². The average molecular weight is 227 g/mol. The summed E-state index contributed by atoms with van der Waals surface area (Å²) in [6, 6.07) is 0.661. The standard InChI is InChI=1S/C14H29NO/c1-11(2)13(15-5)8-6-7-12-9-10-14(3,4)16-12/h11-13,15H,6-10H2,1-5H3. The maximum absolute atomic E-state index is 6.00. The number of nitrogens with one attached hydrogen (secondary N) is 1. The largest absolute Gasteiger partial charge is 0.372 e. The van der Waals surface area contributed by atoms with Crippen LogP contribution in [0.25, 0.3) is 0 Å². The monoisotopic (exact) mass is 227 g/mol. The van der Waals surface area contributed by atoms with Crippen LogP contribution in [0.4, 0.5) is 0 Å². The molecule has 0 amide bonds. The minimum Gasteiger partial charge on any atom is -0.372 e. The summed E-state index contributed by atoms with van der Waals surface area (Å²) in [6.45, 7) is 8.99. The van der Waals surface area contributed by atoms with Crippen molar-refractivity contribution in [2.75, 3.05) is 7.05 Å². The van der Waals surface area contributed by atoms with Crippen molar-refractivity contribution in [1.82, 2.24) is 5.32 Å². The molecule has 0 aliphatic carbocycles. The molecule has 2 nitrogen and oxygen atoms in total. The van der Waals surface area contributed by atoms with Crippen LogP contribution >= 0.6 is 0 Å². The second-order valence-electron chi connectivity index (χ2n) is 6.11. The Kier molecular flexibility index (Phi) is 5.26. The molecule has 1 saturated heterocycles. The number of ether oxygens (including phenoxy) is 1. The van der Waals surface area contributed by atoms with Crippen molar-refractivity contribution in [2.24, 2.45) is 5.92 Å². The van der Waals surface area contributed by atoms with E-state index < -0.39 is 0 Å². The molecule has 0 aromatic rings. The topological polar surface area (TPSA) is 21.3 Å². The third-order valence-electron chi connectivity index (χ3n) is 3.77. The zero-order valence-electron chi connectivity index (χ0n) is 11.7. The SMILES string of the molecule is CNC(CCCC1CCC(C)(C)O1)C(C)C. The van der Waals surface area contributed by atoms with Crippen LogP contribution in [0.15, 0.2) is 0 Å². The maximum Gasteiger partial charge on any atom is 0.0631 e. The van der Waals surface area contributed by atoms with Gasteiger partial charge in [-0.1, -0.05) is 13.8 Å². The minimum atomic E-state index is 0.130. The van der Waals surface area contributed by atoms with Crippen molar-refractivity contribution < 1.29 is 4.74 Å². The second-order valence-corrected chi connectivity index (χ2v) is 6.11. The van der Waals surface area contributed by atoms with E-state index in [0.29, 0.717) is 12.1 Å². The van der Waals surface area contributed by atoms with E-state index in [0.717, 1.165) is 5.92 Å². The Morgan fingerprint density at radius 1 is 1.38 bits per heavy atom. The molecule has 2 heteroatoms. The first-order valence-corrected chi connectivity index (χ1v) is 6.79. The highest BCUT2D eigenvalue weighted by atomic mass is 16.5. The summed E-state index contributed by atoms with van der Waals surface area (Å²) in [6.07, 6.45) is 6.77. The van der Waals surface area contributed by atoms with Gasteiger partial charge in [0, 0.05) is 6.04 Å². The summed E-state index contributed by atoms with van der Waals surface area (Å²) in [5, 5.41) is 3.40. The van der Waals surface area contributed by atoms with Crippen molar-refractivity contribution in [2.45, 2.75) is 77.5 Å². The van der Waals surface area contributed by atoms with E-state index in [1.807, 2.05) is 0 Å². The zero-order valence-corrected chi connectivity index (χ0v) is 11.7. The molecule has 1 aliphatic rings. The molecule has 1 N–H and O–H groups in total. The zero-order chi connectivity index (χ0) is 12.2. The normalized spacial score (nSPS) is 26.2. The first-order valence-electron chi connectivity index (χ1n) is 6.79. The number of rotatable bonds is 6. The van der Waals surface area contributed by atoms with E-state index in [1.165, 1.54) is 32.1 Å². The molecule has 1 fully saturated rings. The summed E-state index contributed by atoms with van der Waals surface area (Å²) in [5.41, 5.74) is 0.130. The molecular formula is C14H29NO. The van der Waals surface area contributed by atoms with E-state index in [-0.39, 0.29) is 5.60 Å². The molecule has 2 atom stereocenters. The van der Waals surface area contributed by atoms with Gasteiger partial charge >= 0.3 is 0 Å². The lowest BCUT2D eigenvalue weighted by Gasteiger charge is -2.22. The highest BCUT2D eigenvalue weighted by molar-refractivity contribution is 4.81. The van der Waals surface area contributed by atoms with E-state index >= 15 is 0 Å². The summed E-state index contributed by atoms with van der Waals surface area (Å²) in [5.74, 6) is 0.728. The second kappa shape index (κ2) is 6.02. The van der Waals surface area contributed by atoms with Gasteiger partial charge in [-0.2, -0.15) is 0 Å². The van der Waals surface area contributed by atoms with Gasteiger partial charge < -0.3 is 10.1 Å². The van der Waals surface area contributed by atoms with Gasteiger partial charge in [-0.25, -0.2) is 0 Å². The van der Waals surface area contributed by atoms with Crippen molar-refractivity contribution >= 4 is 0 Å². The summed E-state index contributed by atoms with van der Waals surface area (Å²) in [7, 11) is 2.07. The highest BCUT2D eigenvalue weighted by Gasteiger charge is 2.31. The predicted octanol–water partition coefficient (Wildman–Crippen LogP) is 3.36. The van der Waals surface area contributed by atoms with E-state index in [2.05, 4.69) is 40.1 Å². The van der Waals surface area contributed by atoms with Gasteiger partial charge in [-0.15, -0.1) is 0 Å². The Labute approximate surface area is 101 Å². The van der Waals surface area contributed by atoms with Gasteiger partial charge in [0.15, 0.2) is 0 Å². The Morgan fingerprint density at radius 3 is 2.50 bits per heavy atom. The Hall–Kier alpha value is -0.0800. The fourth-order valence-electron chi connectivity index (χ4n) is 2.66. The molecule has 16 heavy (non-hydrogen) atoms. The summed E-state index contributed by atoms with van der Waals surface area (Å²) in [4.78, 5) is 0. The smallest absolute Gasteiger partial charge is 0.0631 e. The van der Waals surface area contributed by atoms with Crippen molar-refractivity contribution in [3.63, 3.8) is 0 Å². The molecule has 0 bridgehead atoms. The van der Waals surface area contributed by atoms with Crippen LogP contribution in [0.2, 0.25) is 0 Å². The van der Waals surface area contributed by atoms with Gasteiger partial charge in [0.2, 0.25) is 0 Å². The first kappa shape index (κ1) is 14.0. The molecular weight excluding hydrogens is 198 g/mol. The van der Waals surface area contributed by atoms with Crippen LogP contribution < -0.4 is 5.32 Å². The van der Waals surface area contributed by atoms with Crippen LogP contribution in [0.1, 0.15) is 59.8 Å². The lowest BCUT2D eigenvalue weighted by Crippen LogP contribution is -2.30. The van der Waals surface area contributed by atoms with Gasteiger partial charge in [0.05, 0.1) is 11.7 Å². The molecule has 1 rings (SSSR count). The average Bonchev–Trinajstić information content (AvgIpc) is 2.52. The fraction of sp³-hybridized carbons (Fsp3) is 1.00. The predicted molar refractivity (Wildman–Crippen MR) is 69.7 cm³/mol. The van der Waals surface area contributed by atoms with Gasteiger partial charge in [-0.3, -0.25) is 0 Å². The van der Waals surface area contributed by atoms with E-state index in [4.69, 9.17) is 4.74 Å². The quantitative estimate of drug-likeness (QED) is 0.751. The molecule has 2 unspecified atom stereocenters. The van der Waals surface area contributed by atoms with Crippen LogP contribution in [0.3, 0.4) is 0 Å². The Bertz CT molecular complexity index is 201. The maximum atomic E-state index is 6.00. The summed E-state index contributed by atoms with van der Waals surface area (Å²) >= 11 is 0. The fourth-order valence-corrected chi connectivity index (χ4v) is 2.66. The molecule has 0 spiro atoms. The van der Waals surface area contributed by atoms with E-state index in [1.54, 1.807) is 0 Å². The lowest BCUT2D eigenvalue weighted by molar-refractivity contribution is -0.0193. The van der Waals surface area contributed by atoms with Crippen LogP contribution in [0.5, 0.6) is 0 Å². The first-order chi connectivity index (χ1) is 7.44. The van der Waals surface area contributed by atoms with E-state index in [9.17, 15) is 0 Å². The molecule has 96 valence electrons. The van der Waals surface area contributed by atoms with Crippen LogP contribution in [-0.2, 0) is 4.74 Å². The molecule has 1 aliphatic heterocycles. The number of hydrogen-bond acceptors (Lipinski definition) is 2. The van der Waals surface area contributed by atoms with Gasteiger partial charge in [0.25, 0.3) is 0 Å². The Balaban J connectivity index is 2.16. The van der Waals surface area contributed by atoms with Gasteiger partial charge in [0.1, 0.15) is 0 Å². The third kappa shape index (κ3) is 4.42. The molecule has 0 radical (unpaired) electrons. The highest BCUT2D eigenvalue weighted by Crippen LogP contribution is 2.31. The van der Waals surface area contributed by atoms with Crippen molar-refractivity contribution in [3.8, 4) is 0 Å². The van der Waals surface area contributed by atoms with Crippen molar-refractivity contribution in [3.05, 3.63) is 0 Å². The molecule has 0 aromatic heterocycles. The van der Waals surface area contributed by atoms with Crippen molar-refractivity contribution in [1.29, 1.82) is 0 Å². The Morgan fingerprint density at radius 2 is 2.06 bits per heavy atom. The molecule has 0 aromatic carbocycles. The molecule has 0 saturated carbocycles. The minimum absolute atomic E-state index is 0.130. The third-order valence-corrected chi connectivity index (χ3v) is 3.77. The summed E-state index contributed by atoms with van der Waals surface area (Å²) < 4.78 is 6.00. The molecule has 1 heterocycles. The van der Waals surface area contributed by atoms with Crippen LogP contribution in [-0.4, -0.2) is 24.8 Å². The number of hydrogen-bond donors (Lipinski definition) is 1.